The van der Waals surface area contributed by atoms with Gasteiger partial charge in [-0.2, -0.15) is 10.2 Å². The second-order valence-corrected chi connectivity index (χ2v) is 10.9. The van der Waals surface area contributed by atoms with Gasteiger partial charge in [0.05, 0.1) is 29.5 Å². The summed E-state index contributed by atoms with van der Waals surface area (Å²) in [5.74, 6) is 0.982. The van der Waals surface area contributed by atoms with Crippen molar-refractivity contribution in [3.63, 3.8) is 0 Å². The summed E-state index contributed by atoms with van der Waals surface area (Å²) in [5, 5.41) is 10.5. The normalized spacial score (nSPS) is 16.4. The molecule has 3 aromatic heterocycles. The molecule has 3 aromatic rings. The molecule has 2 aliphatic heterocycles. The summed E-state index contributed by atoms with van der Waals surface area (Å²) in [6, 6.07) is 2.18. The van der Waals surface area contributed by atoms with Gasteiger partial charge in [0.25, 0.3) is 0 Å². The third-order valence-electron chi connectivity index (χ3n) is 7.77. The van der Waals surface area contributed by atoms with Crippen molar-refractivity contribution in [3.05, 3.63) is 34.9 Å². The summed E-state index contributed by atoms with van der Waals surface area (Å²) in [6.45, 7) is 10.5. The van der Waals surface area contributed by atoms with Crippen LogP contribution in [0.3, 0.4) is 0 Å². The van der Waals surface area contributed by atoms with Crippen LogP contribution in [0.25, 0.3) is 11.0 Å². The molecule has 1 fully saturated rings. The van der Waals surface area contributed by atoms with Crippen LogP contribution in [0.15, 0.2) is 12.3 Å². The number of pyridine rings is 1. The van der Waals surface area contributed by atoms with Crippen LogP contribution in [0.1, 0.15) is 41.9 Å². The number of aryl methyl sites for hydroxylation is 4. The van der Waals surface area contributed by atoms with Gasteiger partial charge in [0.15, 0.2) is 5.65 Å². The quantitative estimate of drug-likeness (QED) is 0.336. The maximum atomic E-state index is 12.4. The van der Waals surface area contributed by atoms with Crippen LogP contribution in [-0.4, -0.2) is 87.9 Å². The Kier molecular flexibility index (Phi) is 7.06. The number of likely N-dealkylation sites (tertiary alicyclic amines) is 1. The number of nitrogens with zero attached hydrogens (tertiary/aromatic N) is 8. The molecule has 0 unspecified atom stereocenters. The van der Waals surface area contributed by atoms with E-state index in [0.717, 1.165) is 93.2 Å². The van der Waals surface area contributed by atoms with Gasteiger partial charge in [-0.15, -0.1) is 0 Å². The molecule has 0 aromatic carbocycles. The lowest BCUT2D eigenvalue weighted by Gasteiger charge is -2.37. The largest absolute Gasteiger partial charge is 0.366 e. The Balaban J connectivity index is 1.14. The number of aromatic nitrogens is 5. The van der Waals surface area contributed by atoms with Crippen LogP contribution in [0.5, 0.6) is 0 Å². The molecule has 9 nitrogen and oxygen atoms in total. The third kappa shape index (κ3) is 5.00. The van der Waals surface area contributed by atoms with Crippen molar-refractivity contribution >= 4 is 30.5 Å². The molecule has 0 aliphatic carbocycles. The van der Waals surface area contributed by atoms with Gasteiger partial charge >= 0.3 is 0 Å². The predicted octanol–water partition coefficient (Wildman–Crippen LogP) is 1.71. The zero-order valence-corrected chi connectivity index (χ0v) is 22.5. The Bertz CT molecular complexity index is 1240. The van der Waals surface area contributed by atoms with Crippen LogP contribution < -0.4 is 4.90 Å². The van der Waals surface area contributed by atoms with E-state index in [1.165, 1.54) is 16.9 Å². The molecule has 192 valence electrons. The van der Waals surface area contributed by atoms with Gasteiger partial charge < -0.3 is 9.80 Å². The van der Waals surface area contributed by atoms with Gasteiger partial charge in [-0.3, -0.25) is 19.1 Å². The molecular formula is C26H39BN8O. The summed E-state index contributed by atoms with van der Waals surface area (Å²) in [6.07, 6.45) is 6.15. The highest BCUT2D eigenvalue weighted by Gasteiger charge is 2.26. The second kappa shape index (κ2) is 10.2. The van der Waals surface area contributed by atoms with Crippen molar-refractivity contribution in [1.29, 1.82) is 0 Å². The minimum Gasteiger partial charge on any atom is -0.366 e. The summed E-state index contributed by atoms with van der Waals surface area (Å²) in [7, 11) is 6.12. The molecule has 1 amide bonds. The van der Waals surface area contributed by atoms with E-state index in [1.807, 2.05) is 29.9 Å². The van der Waals surface area contributed by atoms with Gasteiger partial charge in [0.1, 0.15) is 7.85 Å². The van der Waals surface area contributed by atoms with Crippen LogP contribution in [-0.2, 0) is 31.4 Å². The van der Waals surface area contributed by atoms with Crippen molar-refractivity contribution in [2.45, 2.75) is 58.4 Å². The van der Waals surface area contributed by atoms with Crippen molar-refractivity contribution in [1.82, 2.24) is 34.3 Å². The number of amides is 1. The number of carbonyl (C=O) groups excluding carboxylic acids is 1. The fraction of sp³-hybridized carbons (Fsp3) is 0.615. The number of hydrogen-bond acceptors (Lipinski definition) is 6. The maximum Gasteiger partial charge on any atom is 0.236 e. The average Bonchev–Trinajstić information content (AvgIpc) is 3.36. The van der Waals surface area contributed by atoms with Crippen molar-refractivity contribution in [3.8, 4) is 0 Å². The maximum absolute atomic E-state index is 12.4. The van der Waals surface area contributed by atoms with Gasteiger partial charge in [-0.05, 0) is 58.1 Å². The highest BCUT2D eigenvalue weighted by Crippen LogP contribution is 2.32. The molecule has 0 spiro atoms. The highest BCUT2D eigenvalue weighted by molar-refractivity contribution is 6.12. The molecule has 5 rings (SSSR count). The Labute approximate surface area is 214 Å². The van der Waals surface area contributed by atoms with Crippen LogP contribution in [0.4, 0.5) is 5.69 Å². The standard InChI is InChI=1S/C26H39BN8O/c1-18-12-24(21-13-28-32(4)26(21)29-18)34-11-8-23-22(16-34)19(2)30-35(23)10-7-5-6-9-31(3)25(36)17-33-14-20(27)15-33/h12-13,20H,5-11,14-17,27H2,1-4H3. The van der Waals surface area contributed by atoms with E-state index >= 15 is 0 Å². The number of likely N-dealkylation sites (N-methyl/N-ethyl adjacent to an activating group) is 1. The SMILES string of the molecule is BC1CN(CC(=O)N(C)CCCCCn2nc(C)c3c2CCN(c2cc(C)nc4c2cnn4C)C3)C1. The third-order valence-corrected chi connectivity index (χ3v) is 7.77. The number of carbonyl (C=O) groups is 1. The number of anilines is 1. The molecule has 0 saturated carbocycles. The molecule has 5 heterocycles. The first-order chi connectivity index (χ1) is 17.3. The summed E-state index contributed by atoms with van der Waals surface area (Å²) in [5.41, 5.74) is 7.04. The summed E-state index contributed by atoms with van der Waals surface area (Å²) in [4.78, 5) is 23.7. The topological polar surface area (TPSA) is 75.3 Å². The Morgan fingerprint density at radius 1 is 1.22 bits per heavy atom. The predicted molar refractivity (Wildman–Crippen MR) is 145 cm³/mol. The minimum absolute atomic E-state index is 0.246. The number of hydrogen-bond donors (Lipinski definition) is 0. The first-order valence-electron chi connectivity index (χ1n) is 13.4. The Morgan fingerprint density at radius 3 is 2.81 bits per heavy atom. The van der Waals surface area contributed by atoms with E-state index in [-0.39, 0.29) is 5.91 Å². The van der Waals surface area contributed by atoms with Gasteiger partial charge in [0.2, 0.25) is 5.91 Å². The van der Waals surface area contributed by atoms with Gasteiger partial charge in [0, 0.05) is 63.6 Å². The van der Waals surface area contributed by atoms with E-state index in [9.17, 15) is 4.79 Å². The highest BCUT2D eigenvalue weighted by atomic mass is 16.2. The van der Waals surface area contributed by atoms with Crippen molar-refractivity contribution in [2.75, 3.05) is 44.7 Å². The van der Waals surface area contributed by atoms with E-state index in [4.69, 9.17) is 5.10 Å². The molecule has 36 heavy (non-hydrogen) atoms. The molecule has 0 bridgehead atoms. The van der Waals surface area contributed by atoms with Crippen LogP contribution >= 0.6 is 0 Å². The summed E-state index contributed by atoms with van der Waals surface area (Å²) < 4.78 is 4.09. The molecular weight excluding hydrogens is 451 g/mol. The minimum atomic E-state index is 0.246. The lowest BCUT2D eigenvalue weighted by atomic mass is 9.81. The zero-order chi connectivity index (χ0) is 25.4. The first-order valence-corrected chi connectivity index (χ1v) is 13.4. The second-order valence-electron chi connectivity index (χ2n) is 10.9. The first kappa shape index (κ1) is 24.8. The van der Waals surface area contributed by atoms with Crippen molar-refractivity contribution in [2.24, 2.45) is 7.05 Å². The van der Waals surface area contributed by atoms with E-state index in [1.54, 1.807) is 0 Å². The average molecular weight is 490 g/mol. The molecule has 0 radical (unpaired) electrons. The zero-order valence-electron chi connectivity index (χ0n) is 22.5. The van der Waals surface area contributed by atoms with E-state index < -0.39 is 0 Å². The fourth-order valence-electron chi connectivity index (χ4n) is 5.72. The molecule has 0 N–H and O–H groups in total. The number of unbranched alkanes of at least 4 members (excludes halogenated alkanes) is 2. The number of fused-ring (bicyclic) bond motifs is 2. The Hall–Kier alpha value is -2.88. The lowest BCUT2D eigenvalue weighted by Crippen LogP contribution is -2.48. The van der Waals surface area contributed by atoms with E-state index in [2.05, 4.69) is 52.3 Å². The van der Waals surface area contributed by atoms with Gasteiger partial charge in [-0.25, -0.2) is 4.98 Å². The smallest absolute Gasteiger partial charge is 0.236 e. The number of rotatable bonds is 9. The fourth-order valence-corrected chi connectivity index (χ4v) is 5.72. The van der Waals surface area contributed by atoms with Gasteiger partial charge in [-0.1, -0.05) is 0 Å². The van der Waals surface area contributed by atoms with E-state index in [0.29, 0.717) is 6.54 Å². The molecule has 2 aliphatic rings. The van der Waals surface area contributed by atoms with Crippen LogP contribution in [0, 0.1) is 13.8 Å². The summed E-state index contributed by atoms with van der Waals surface area (Å²) >= 11 is 0. The molecule has 10 heteroatoms. The molecule has 0 atom stereocenters. The van der Waals surface area contributed by atoms with Crippen molar-refractivity contribution < 1.29 is 4.79 Å². The van der Waals surface area contributed by atoms with Crippen LogP contribution in [0.2, 0.25) is 5.82 Å². The Morgan fingerprint density at radius 2 is 2.03 bits per heavy atom. The lowest BCUT2D eigenvalue weighted by molar-refractivity contribution is -0.132. The molecule has 1 saturated heterocycles. The monoisotopic (exact) mass is 490 g/mol.